The molecule has 3 heteroatoms. The van der Waals surface area contributed by atoms with Crippen molar-refractivity contribution in [1.29, 1.82) is 0 Å². The van der Waals surface area contributed by atoms with Crippen LogP contribution in [0.2, 0.25) is 0 Å². The zero-order valence-electron chi connectivity index (χ0n) is 7.81. The second kappa shape index (κ2) is 4.51. The predicted octanol–water partition coefficient (Wildman–Crippen LogP) is 2.34. The number of esters is 1. The zero-order chi connectivity index (χ0) is 9.80. The molecule has 0 spiro atoms. The summed E-state index contributed by atoms with van der Waals surface area (Å²) in [5.41, 5.74) is 0. The highest BCUT2D eigenvalue weighted by Crippen LogP contribution is 2.24. The molecule has 74 valence electrons. The van der Waals surface area contributed by atoms with Gasteiger partial charge in [-0.15, -0.1) is 11.8 Å². The van der Waals surface area contributed by atoms with Crippen molar-refractivity contribution >= 4 is 17.7 Å². The quantitative estimate of drug-likeness (QED) is 0.563. The van der Waals surface area contributed by atoms with Crippen LogP contribution < -0.4 is 0 Å². The number of cyclic esters (lactones) is 1. The Morgan fingerprint density at radius 3 is 2.79 bits per heavy atom. The molecule has 1 fully saturated rings. The second-order valence-corrected chi connectivity index (χ2v) is 4.47. The summed E-state index contributed by atoms with van der Waals surface area (Å²) in [7, 11) is 0. The first-order chi connectivity index (χ1) is 6.84. The van der Waals surface area contributed by atoms with E-state index < -0.39 is 0 Å². The van der Waals surface area contributed by atoms with Crippen molar-refractivity contribution in [3.8, 4) is 0 Å². The molecule has 1 aliphatic rings. The molecule has 0 amide bonds. The minimum Gasteiger partial charge on any atom is -0.465 e. The van der Waals surface area contributed by atoms with Crippen LogP contribution in [0, 0.1) is 5.92 Å². The fourth-order valence-electron chi connectivity index (χ4n) is 1.40. The van der Waals surface area contributed by atoms with E-state index in [-0.39, 0.29) is 5.97 Å². The zero-order valence-corrected chi connectivity index (χ0v) is 8.63. The number of thioether (sulfide) groups is 1. The van der Waals surface area contributed by atoms with E-state index in [0.717, 1.165) is 5.75 Å². The minimum absolute atomic E-state index is 0.0522. The van der Waals surface area contributed by atoms with Gasteiger partial charge in [-0.05, 0) is 12.1 Å². The SMILES string of the molecule is O=C1C[C@@H](CSc2ccccc2)CO1. The van der Waals surface area contributed by atoms with Crippen LogP contribution in [-0.4, -0.2) is 18.3 Å². The maximum atomic E-state index is 10.8. The van der Waals surface area contributed by atoms with Gasteiger partial charge in [-0.2, -0.15) is 0 Å². The van der Waals surface area contributed by atoms with E-state index >= 15 is 0 Å². The lowest BCUT2D eigenvalue weighted by Crippen LogP contribution is -2.01. The van der Waals surface area contributed by atoms with Crippen molar-refractivity contribution in [2.75, 3.05) is 12.4 Å². The first kappa shape index (κ1) is 9.59. The average Bonchev–Trinajstić information content (AvgIpc) is 2.63. The van der Waals surface area contributed by atoms with E-state index in [1.165, 1.54) is 4.90 Å². The van der Waals surface area contributed by atoms with Gasteiger partial charge in [0.05, 0.1) is 13.0 Å². The third-order valence-corrected chi connectivity index (χ3v) is 3.41. The number of hydrogen-bond donors (Lipinski definition) is 0. The maximum Gasteiger partial charge on any atom is 0.306 e. The molecule has 1 aliphatic heterocycles. The van der Waals surface area contributed by atoms with E-state index in [4.69, 9.17) is 4.74 Å². The minimum atomic E-state index is -0.0522. The summed E-state index contributed by atoms with van der Waals surface area (Å²) >= 11 is 1.79. The summed E-state index contributed by atoms with van der Waals surface area (Å²) in [6.07, 6.45) is 0.583. The molecule has 1 heterocycles. The molecule has 0 unspecified atom stereocenters. The van der Waals surface area contributed by atoms with Crippen LogP contribution >= 0.6 is 11.8 Å². The third kappa shape index (κ3) is 2.51. The van der Waals surface area contributed by atoms with E-state index in [2.05, 4.69) is 12.1 Å². The van der Waals surface area contributed by atoms with Gasteiger partial charge in [0.2, 0.25) is 0 Å². The molecule has 1 aromatic carbocycles. The molecule has 2 nitrogen and oxygen atoms in total. The van der Waals surface area contributed by atoms with Gasteiger partial charge in [0, 0.05) is 16.6 Å². The number of carbonyl (C=O) groups is 1. The third-order valence-electron chi connectivity index (χ3n) is 2.16. The van der Waals surface area contributed by atoms with E-state index in [0.29, 0.717) is 18.9 Å². The molecular weight excluding hydrogens is 196 g/mol. The average molecular weight is 208 g/mol. The summed E-state index contributed by atoms with van der Waals surface area (Å²) in [6.45, 7) is 0.596. The van der Waals surface area contributed by atoms with Crippen molar-refractivity contribution in [3.63, 3.8) is 0 Å². The summed E-state index contributed by atoms with van der Waals surface area (Å²) in [4.78, 5) is 12.1. The molecule has 14 heavy (non-hydrogen) atoms. The van der Waals surface area contributed by atoms with Gasteiger partial charge in [-0.3, -0.25) is 4.79 Å². The van der Waals surface area contributed by atoms with Crippen LogP contribution in [-0.2, 0) is 9.53 Å². The largest absolute Gasteiger partial charge is 0.465 e. The van der Waals surface area contributed by atoms with E-state index in [9.17, 15) is 4.79 Å². The molecule has 0 radical (unpaired) electrons. The predicted molar refractivity (Wildman–Crippen MR) is 56.2 cm³/mol. The van der Waals surface area contributed by atoms with Crippen molar-refractivity contribution < 1.29 is 9.53 Å². The highest BCUT2D eigenvalue weighted by Gasteiger charge is 2.23. The Morgan fingerprint density at radius 2 is 2.14 bits per heavy atom. The Hall–Kier alpha value is -0.960. The van der Waals surface area contributed by atoms with Crippen molar-refractivity contribution in [1.82, 2.24) is 0 Å². The van der Waals surface area contributed by atoms with Gasteiger partial charge in [0.15, 0.2) is 0 Å². The number of rotatable bonds is 3. The Labute approximate surface area is 87.6 Å². The van der Waals surface area contributed by atoms with Gasteiger partial charge in [-0.1, -0.05) is 18.2 Å². The summed E-state index contributed by atoms with van der Waals surface area (Å²) in [5, 5.41) is 0. The Morgan fingerprint density at radius 1 is 1.36 bits per heavy atom. The summed E-state index contributed by atoms with van der Waals surface area (Å²) in [5.74, 6) is 1.31. The second-order valence-electron chi connectivity index (χ2n) is 3.38. The van der Waals surface area contributed by atoms with Gasteiger partial charge in [0.25, 0.3) is 0 Å². The lowest BCUT2D eigenvalue weighted by atomic mass is 10.2. The molecule has 0 N–H and O–H groups in total. The number of carbonyl (C=O) groups excluding carboxylic acids is 1. The first-order valence-corrected chi connectivity index (χ1v) is 5.66. The van der Waals surface area contributed by atoms with Crippen LogP contribution in [0.15, 0.2) is 35.2 Å². The number of hydrogen-bond acceptors (Lipinski definition) is 3. The molecule has 1 saturated heterocycles. The Bertz CT molecular complexity index is 310. The molecule has 0 aliphatic carbocycles. The molecule has 1 aromatic rings. The van der Waals surface area contributed by atoms with E-state index in [1.54, 1.807) is 11.8 Å². The van der Waals surface area contributed by atoms with Crippen molar-refractivity contribution in [2.45, 2.75) is 11.3 Å². The van der Waals surface area contributed by atoms with Crippen LogP contribution in [0.4, 0.5) is 0 Å². The normalized spacial score (nSPS) is 20.9. The van der Waals surface area contributed by atoms with Crippen LogP contribution in [0.3, 0.4) is 0 Å². The van der Waals surface area contributed by atoms with Crippen LogP contribution in [0.25, 0.3) is 0 Å². The summed E-state index contributed by atoms with van der Waals surface area (Å²) < 4.78 is 4.90. The van der Waals surface area contributed by atoms with Gasteiger partial charge in [-0.25, -0.2) is 0 Å². The molecule has 0 bridgehead atoms. The smallest absolute Gasteiger partial charge is 0.306 e. The van der Waals surface area contributed by atoms with Gasteiger partial charge < -0.3 is 4.74 Å². The monoisotopic (exact) mass is 208 g/mol. The van der Waals surface area contributed by atoms with Gasteiger partial charge in [0.1, 0.15) is 0 Å². The molecule has 0 saturated carbocycles. The summed E-state index contributed by atoms with van der Waals surface area (Å²) in [6, 6.07) is 10.2. The Balaban J connectivity index is 1.80. The lowest BCUT2D eigenvalue weighted by molar-refractivity contribution is -0.137. The maximum absolute atomic E-state index is 10.8. The molecule has 0 aromatic heterocycles. The molecule has 1 atom stereocenters. The highest BCUT2D eigenvalue weighted by atomic mass is 32.2. The van der Waals surface area contributed by atoms with E-state index in [1.807, 2.05) is 18.2 Å². The Kier molecular flexibility index (Phi) is 3.09. The fraction of sp³-hybridized carbons (Fsp3) is 0.364. The number of benzene rings is 1. The lowest BCUT2D eigenvalue weighted by Gasteiger charge is -2.04. The van der Waals surface area contributed by atoms with Gasteiger partial charge >= 0.3 is 5.97 Å². The number of ether oxygens (including phenoxy) is 1. The first-order valence-electron chi connectivity index (χ1n) is 4.68. The molecule has 2 rings (SSSR count). The van der Waals surface area contributed by atoms with Crippen molar-refractivity contribution in [3.05, 3.63) is 30.3 Å². The standard InChI is InChI=1S/C11H12O2S/c12-11-6-9(7-13-11)8-14-10-4-2-1-3-5-10/h1-5,9H,6-8H2/t9-/m1/s1. The van der Waals surface area contributed by atoms with Crippen LogP contribution in [0.5, 0.6) is 0 Å². The molecular formula is C11H12O2S. The topological polar surface area (TPSA) is 26.3 Å². The highest BCUT2D eigenvalue weighted by molar-refractivity contribution is 7.99. The van der Waals surface area contributed by atoms with Crippen LogP contribution in [0.1, 0.15) is 6.42 Å². The van der Waals surface area contributed by atoms with Crippen molar-refractivity contribution in [2.24, 2.45) is 5.92 Å². The fourth-order valence-corrected chi connectivity index (χ4v) is 2.39.